The minimum atomic E-state index is -0.862. The third-order valence-corrected chi connectivity index (χ3v) is 6.70. The Morgan fingerprint density at radius 3 is 2.29 bits per heavy atom. The summed E-state index contributed by atoms with van der Waals surface area (Å²) in [7, 11) is 1.41. The Morgan fingerprint density at radius 1 is 1.03 bits per heavy atom. The van der Waals surface area contributed by atoms with Crippen LogP contribution in [0.1, 0.15) is 42.7 Å². The summed E-state index contributed by atoms with van der Waals surface area (Å²) < 4.78 is 10.8. The second kappa shape index (κ2) is 10.7. The van der Waals surface area contributed by atoms with Crippen LogP contribution in [0.4, 0.5) is 4.79 Å². The number of amides is 2. The molecule has 1 saturated carbocycles. The number of carboxylic acid groups (broad SMARTS) is 1. The summed E-state index contributed by atoms with van der Waals surface area (Å²) in [6.07, 6.45) is 0.781. The largest absolute Gasteiger partial charge is 0.481 e. The Balaban J connectivity index is 1.26. The van der Waals surface area contributed by atoms with Gasteiger partial charge in [-0.05, 0) is 47.4 Å². The van der Waals surface area contributed by atoms with Crippen LogP contribution in [0.2, 0.25) is 0 Å². The first-order chi connectivity index (χ1) is 16.5. The van der Waals surface area contributed by atoms with E-state index >= 15 is 0 Å². The van der Waals surface area contributed by atoms with Gasteiger partial charge in [0.15, 0.2) is 6.10 Å². The fourth-order valence-corrected chi connectivity index (χ4v) is 5.04. The number of ether oxygens (including phenoxy) is 2. The standard InChI is InChI=1S/C26H30N2O6/c1-33-23(25(31)28-17-11-10-16(12-17)13-24(29)30)14-27-26(32)34-15-22-20-8-4-2-6-18(20)19-7-3-5-9-21(19)22/h2-9,16-17,22-23H,10-15H2,1H3,(H,27,32)(H,28,31)(H,29,30)/t16-,17+,23?/m0/s1. The molecule has 180 valence electrons. The van der Waals surface area contributed by atoms with E-state index in [4.69, 9.17) is 14.6 Å². The Morgan fingerprint density at radius 2 is 1.68 bits per heavy atom. The molecule has 0 heterocycles. The number of nitrogens with one attached hydrogen (secondary N) is 2. The second-order valence-electron chi connectivity index (χ2n) is 8.91. The lowest BCUT2D eigenvalue weighted by molar-refractivity contribution is -0.138. The van der Waals surface area contributed by atoms with Crippen molar-refractivity contribution in [3.8, 4) is 11.1 Å². The average Bonchev–Trinajstić information content (AvgIpc) is 3.39. The van der Waals surface area contributed by atoms with Gasteiger partial charge in [0.1, 0.15) is 6.61 Å². The number of carbonyl (C=O) groups excluding carboxylic acids is 2. The summed E-state index contributed by atoms with van der Waals surface area (Å²) in [5.74, 6) is -1.12. The molecule has 0 bridgehead atoms. The van der Waals surface area contributed by atoms with E-state index in [0.29, 0.717) is 6.42 Å². The van der Waals surface area contributed by atoms with E-state index in [9.17, 15) is 14.4 Å². The molecule has 2 aliphatic carbocycles. The normalized spacial score (nSPS) is 19.7. The van der Waals surface area contributed by atoms with E-state index in [-0.39, 0.29) is 43.4 Å². The molecule has 8 heteroatoms. The number of carboxylic acids is 1. The molecule has 2 aliphatic rings. The van der Waals surface area contributed by atoms with Gasteiger partial charge in [0, 0.05) is 25.5 Å². The number of carbonyl (C=O) groups is 3. The highest BCUT2D eigenvalue weighted by molar-refractivity contribution is 5.82. The van der Waals surface area contributed by atoms with Gasteiger partial charge < -0.3 is 25.2 Å². The van der Waals surface area contributed by atoms with Gasteiger partial charge in [0.2, 0.25) is 0 Å². The zero-order chi connectivity index (χ0) is 24.1. The lowest BCUT2D eigenvalue weighted by Crippen LogP contribution is -2.46. The number of rotatable bonds is 9. The van der Waals surface area contributed by atoms with Crippen molar-refractivity contribution in [3.05, 3.63) is 59.7 Å². The van der Waals surface area contributed by atoms with Crippen molar-refractivity contribution in [1.82, 2.24) is 10.6 Å². The molecular weight excluding hydrogens is 436 g/mol. The highest BCUT2D eigenvalue weighted by Gasteiger charge is 2.31. The molecule has 1 unspecified atom stereocenters. The smallest absolute Gasteiger partial charge is 0.407 e. The number of benzene rings is 2. The molecule has 0 spiro atoms. The molecule has 8 nitrogen and oxygen atoms in total. The highest BCUT2D eigenvalue weighted by Crippen LogP contribution is 2.44. The van der Waals surface area contributed by atoms with Crippen molar-refractivity contribution >= 4 is 18.0 Å². The van der Waals surface area contributed by atoms with Gasteiger partial charge >= 0.3 is 12.1 Å². The van der Waals surface area contributed by atoms with E-state index in [2.05, 4.69) is 34.9 Å². The highest BCUT2D eigenvalue weighted by atomic mass is 16.5. The van der Waals surface area contributed by atoms with Crippen LogP contribution >= 0.6 is 0 Å². The lowest BCUT2D eigenvalue weighted by atomic mass is 9.98. The van der Waals surface area contributed by atoms with Crippen molar-refractivity contribution in [2.24, 2.45) is 5.92 Å². The second-order valence-corrected chi connectivity index (χ2v) is 8.91. The van der Waals surface area contributed by atoms with Gasteiger partial charge in [-0.25, -0.2) is 4.79 Å². The van der Waals surface area contributed by atoms with Crippen molar-refractivity contribution in [3.63, 3.8) is 0 Å². The summed E-state index contributed by atoms with van der Waals surface area (Å²) in [4.78, 5) is 35.8. The predicted molar refractivity (Wildman–Crippen MR) is 125 cm³/mol. The Bertz CT molecular complexity index is 1010. The van der Waals surface area contributed by atoms with Crippen LogP contribution in [0.15, 0.2) is 48.5 Å². The zero-order valence-corrected chi connectivity index (χ0v) is 19.2. The van der Waals surface area contributed by atoms with Gasteiger partial charge in [-0.2, -0.15) is 0 Å². The predicted octanol–water partition coefficient (Wildman–Crippen LogP) is 3.30. The number of aliphatic carboxylic acids is 1. The third-order valence-electron chi connectivity index (χ3n) is 6.70. The zero-order valence-electron chi connectivity index (χ0n) is 19.2. The molecule has 4 rings (SSSR count). The Labute approximate surface area is 198 Å². The number of fused-ring (bicyclic) bond motifs is 3. The summed E-state index contributed by atoms with van der Waals surface area (Å²) in [5.41, 5.74) is 4.56. The van der Waals surface area contributed by atoms with Crippen molar-refractivity contribution in [1.29, 1.82) is 0 Å². The van der Waals surface area contributed by atoms with Gasteiger partial charge in [0.05, 0.1) is 6.54 Å². The maximum Gasteiger partial charge on any atom is 0.407 e. The van der Waals surface area contributed by atoms with Crippen LogP contribution in [0.25, 0.3) is 11.1 Å². The first kappa shape index (κ1) is 23.8. The minimum Gasteiger partial charge on any atom is -0.481 e. The minimum absolute atomic E-state index is 0.0235. The molecule has 0 aromatic heterocycles. The maximum atomic E-state index is 12.6. The van der Waals surface area contributed by atoms with Gasteiger partial charge in [0.25, 0.3) is 5.91 Å². The van der Waals surface area contributed by atoms with Crippen molar-refractivity contribution in [2.75, 3.05) is 20.3 Å². The summed E-state index contributed by atoms with van der Waals surface area (Å²) in [5, 5.41) is 14.5. The van der Waals surface area contributed by atoms with E-state index in [0.717, 1.165) is 35.1 Å². The fourth-order valence-electron chi connectivity index (χ4n) is 5.04. The Hall–Kier alpha value is -3.39. The number of hydrogen-bond donors (Lipinski definition) is 3. The first-order valence-electron chi connectivity index (χ1n) is 11.6. The van der Waals surface area contributed by atoms with Crippen molar-refractivity contribution in [2.45, 2.75) is 43.7 Å². The lowest BCUT2D eigenvalue weighted by Gasteiger charge is -2.20. The van der Waals surface area contributed by atoms with Crippen LogP contribution in [-0.4, -0.2) is 55.5 Å². The van der Waals surface area contributed by atoms with Gasteiger partial charge in [-0.15, -0.1) is 0 Å². The molecule has 3 atom stereocenters. The molecule has 34 heavy (non-hydrogen) atoms. The quantitative estimate of drug-likeness (QED) is 0.523. The summed E-state index contributed by atoms with van der Waals surface area (Å²) in [6, 6.07) is 16.1. The number of hydrogen-bond acceptors (Lipinski definition) is 5. The average molecular weight is 467 g/mol. The first-order valence-corrected chi connectivity index (χ1v) is 11.6. The van der Waals surface area contributed by atoms with Crippen LogP contribution in [0, 0.1) is 5.92 Å². The molecule has 2 aromatic rings. The maximum absolute atomic E-state index is 12.6. The molecule has 2 aromatic carbocycles. The molecular formula is C26H30N2O6. The van der Waals surface area contributed by atoms with E-state index in [1.165, 1.54) is 7.11 Å². The topological polar surface area (TPSA) is 114 Å². The SMILES string of the molecule is COC(CNC(=O)OCC1c2ccccc2-c2ccccc21)C(=O)N[C@@H]1CC[C@H](CC(=O)O)C1. The van der Waals surface area contributed by atoms with E-state index in [1.807, 2.05) is 24.3 Å². The van der Waals surface area contributed by atoms with Crippen molar-refractivity contribution < 1.29 is 29.0 Å². The number of methoxy groups -OCH3 is 1. The number of alkyl carbamates (subject to hydrolysis) is 1. The van der Waals surface area contributed by atoms with Crippen LogP contribution in [-0.2, 0) is 19.1 Å². The molecule has 3 N–H and O–H groups in total. The molecule has 0 radical (unpaired) electrons. The summed E-state index contributed by atoms with van der Waals surface area (Å²) in [6.45, 7) is 0.168. The summed E-state index contributed by atoms with van der Waals surface area (Å²) >= 11 is 0. The Kier molecular flexibility index (Phi) is 7.47. The van der Waals surface area contributed by atoms with Crippen LogP contribution < -0.4 is 10.6 Å². The third kappa shape index (κ3) is 5.39. The van der Waals surface area contributed by atoms with E-state index in [1.54, 1.807) is 0 Å². The van der Waals surface area contributed by atoms with E-state index < -0.39 is 18.2 Å². The molecule has 1 fully saturated rings. The molecule has 0 saturated heterocycles. The van der Waals surface area contributed by atoms with Gasteiger partial charge in [-0.1, -0.05) is 48.5 Å². The monoisotopic (exact) mass is 466 g/mol. The van der Waals surface area contributed by atoms with Gasteiger partial charge in [-0.3, -0.25) is 9.59 Å². The molecule has 2 amide bonds. The fraction of sp³-hybridized carbons (Fsp3) is 0.423. The van der Waals surface area contributed by atoms with Crippen LogP contribution in [0.3, 0.4) is 0 Å². The van der Waals surface area contributed by atoms with Crippen LogP contribution in [0.5, 0.6) is 0 Å². The molecule has 0 aliphatic heterocycles.